The zero-order chi connectivity index (χ0) is 9.54. The number of hydrogen-bond donors (Lipinski definition) is 1. The molecule has 1 aromatic heterocycles. The highest BCUT2D eigenvalue weighted by Gasteiger charge is 2.40. The van der Waals surface area contributed by atoms with Crippen LogP contribution in [-0.2, 0) is 0 Å². The van der Waals surface area contributed by atoms with Gasteiger partial charge in [0.1, 0.15) is 11.3 Å². The van der Waals surface area contributed by atoms with Gasteiger partial charge in [0.15, 0.2) is 0 Å². The van der Waals surface area contributed by atoms with E-state index in [-0.39, 0.29) is 6.61 Å². The Bertz CT molecular complexity index is 425. The van der Waals surface area contributed by atoms with Crippen molar-refractivity contribution in [2.45, 2.75) is 12.3 Å². The van der Waals surface area contributed by atoms with Crippen molar-refractivity contribution in [1.82, 2.24) is 0 Å². The van der Waals surface area contributed by atoms with Crippen molar-refractivity contribution in [1.29, 1.82) is 0 Å². The highest BCUT2D eigenvalue weighted by molar-refractivity contribution is 5.77. The van der Waals surface area contributed by atoms with Crippen LogP contribution in [0.2, 0.25) is 0 Å². The van der Waals surface area contributed by atoms with E-state index in [1.54, 1.807) is 0 Å². The molecular formula is C12H12O2. The van der Waals surface area contributed by atoms with Crippen molar-refractivity contribution in [2.75, 3.05) is 6.61 Å². The summed E-state index contributed by atoms with van der Waals surface area (Å²) in [6.45, 7) is 0.279. The highest BCUT2D eigenvalue weighted by Crippen LogP contribution is 2.48. The van der Waals surface area contributed by atoms with E-state index < -0.39 is 0 Å². The van der Waals surface area contributed by atoms with Crippen molar-refractivity contribution >= 4 is 11.0 Å². The maximum absolute atomic E-state index is 8.97. The number of aliphatic hydroxyl groups is 1. The van der Waals surface area contributed by atoms with Crippen LogP contribution in [0.3, 0.4) is 0 Å². The van der Waals surface area contributed by atoms with Crippen molar-refractivity contribution in [3.8, 4) is 0 Å². The third kappa shape index (κ3) is 1.15. The molecule has 2 unspecified atom stereocenters. The summed E-state index contributed by atoms with van der Waals surface area (Å²) in [4.78, 5) is 0. The standard InChI is InChI=1S/C12H12O2/c13-7-9-5-10(9)12-6-8-3-1-2-4-11(8)14-12/h1-4,6,9-10,13H,5,7H2. The molecule has 0 spiro atoms. The average molecular weight is 188 g/mol. The second kappa shape index (κ2) is 2.85. The van der Waals surface area contributed by atoms with E-state index in [9.17, 15) is 0 Å². The van der Waals surface area contributed by atoms with Gasteiger partial charge in [-0.05, 0) is 24.5 Å². The SMILES string of the molecule is OCC1CC1c1cc2ccccc2o1. The molecule has 2 aromatic rings. The lowest BCUT2D eigenvalue weighted by molar-refractivity contribution is 0.272. The Labute approximate surface area is 82.2 Å². The van der Waals surface area contributed by atoms with Crippen LogP contribution >= 0.6 is 0 Å². The second-order valence-corrected chi connectivity index (χ2v) is 3.97. The van der Waals surface area contributed by atoms with Crippen LogP contribution in [0, 0.1) is 5.92 Å². The summed E-state index contributed by atoms with van der Waals surface area (Å²) in [7, 11) is 0. The van der Waals surface area contributed by atoms with Crippen LogP contribution in [0.4, 0.5) is 0 Å². The molecule has 72 valence electrons. The van der Waals surface area contributed by atoms with Crippen molar-refractivity contribution in [2.24, 2.45) is 5.92 Å². The first-order chi connectivity index (χ1) is 6.88. The molecule has 0 aliphatic heterocycles. The summed E-state index contributed by atoms with van der Waals surface area (Å²) >= 11 is 0. The molecule has 1 aliphatic rings. The van der Waals surface area contributed by atoms with E-state index in [1.807, 2.05) is 18.2 Å². The monoisotopic (exact) mass is 188 g/mol. The van der Waals surface area contributed by atoms with Crippen LogP contribution in [0.25, 0.3) is 11.0 Å². The molecule has 1 aliphatic carbocycles. The Balaban J connectivity index is 1.99. The molecule has 3 rings (SSSR count). The van der Waals surface area contributed by atoms with Gasteiger partial charge in [0.05, 0.1) is 0 Å². The number of rotatable bonds is 2. The van der Waals surface area contributed by atoms with Gasteiger partial charge in [0, 0.05) is 17.9 Å². The van der Waals surface area contributed by atoms with Crippen molar-refractivity contribution < 1.29 is 9.52 Å². The average Bonchev–Trinajstić information content (AvgIpc) is 2.89. The molecule has 0 radical (unpaired) electrons. The third-order valence-corrected chi connectivity index (χ3v) is 2.97. The number of aliphatic hydroxyl groups excluding tert-OH is 1. The first-order valence-corrected chi connectivity index (χ1v) is 4.98. The van der Waals surface area contributed by atoms with Crippen molar-refractivity contribution in [3.05, 3.63) is 36.1 Å². The molecule has 14 heavy (non-hydrogen) atoms. The van der Waals surface area contributed by atoms with Crippen LogP contribution in [0.5, 0.6) is 0 Å². The van der Waals surface area contributed by atoms with Crippen LogP contribution in [0.1, 0.15) is 18.1 Å². The Kier molecular flexibility index (Phi) is 1.64. The minimum atomic E-state index is 0.279. The maximum Gasteiger partial charge on any atom is 0.134 e. The Morgan fingerprint density at radius 2 is 2.21 bits per heavy atom. The summed E-state index contributed by atoms with van der Waals surface area (Å²) in [5, 5.41) is 10.1. The van der Waals surface area contributed by atoms with Crippen molar-refractivity contribution in [3.63, 3.8) is 0 Å². The predicted octanol–water partition coefficient (Wildman–Crippen LogP) is 2.53. The number of hydrogen-bond acceptors (Lipinski definition) is 2. The van der Waals surface area contributed by atoms with E-state index >= 15 is 0 Å². The quantitative estimate of drug-likeness (QED) is 0.785. The minimum absolute atomic E-state index is 0.279. The smallest absolute Gasteiger partial charge is 0.134 e. The Morgan fingerprint density at radius 1 is 1.36 bits per heavy atom. The number of para-hydroxylation sites is 1. The lowest BCUT2D eigenvalue weighted by Gasteiger charge is -1.90. The fraction of sp³-hybridized carbons (Fsp3) is 0.333. The van der Waals surface area contributed by atoms with E-state index in [0.29, 0.717) is 11.8 Å². The van der Waals surface area contributed by atoms with Gasteiger partial charge in [-0.2, -0.15) is 0 Å². The molecule has 1 heterocycles. The van der Waals surface area contributed by atoms with Gasteiger partial charge >= 0.3 is 0 Å². The van der Waals surface area contributed by atoms with Gasteiger partial charge in [-0.15, -0.1) is 0 Å². The fourth-order valence-corrected chi connectivity index (χ4v) is 1.98. The van der Waals surface area contributed by atoms with Gasteiger partial charge in [0.2, 0.25) is 0 Å². The topological polar surface area (TPSA) is 33.4 Å². The van der Waals surface area contributed by atoms with Gasteiger partial charge in [0.25, 0.3) is 0 Å². The lowest BCUT2D eigenvalue weighted by atomic mass is 10.2. The summed E-state index contributed by atoms with van der Waals surface area (Å²) in [5.41, 5.74) is 0.950. The molecule has 1 fully saturated rings. The maximum atomic E-state index is 8.97. The van der Waals surface area contributed by atoms with Crippen LogP contribution < -0.4 is 0 Å². The lowest BCUT2D eigenvalue weighted by Crippen LogP contribution is -1.86. The normalized spacial score (nSPS) is 25.5. The third-order valence-electron chi connectivity index (χ3n) is 2.97. The van der Waals surface area contributed by atoms with E-state index in [0.717, 1.165) is 23.2 Å². The van der Waals surface area contributed by atoms with Gasteiger partial charge in [-0.3, -0.25) is 0 Å². The van der Waals surface area contributed by atoms with Crippen LogP contribution in [0.15, 0.2) is 34.7 Å². The summed E-state index contributed by atoms with van der Waals surface area (Å²) in [6, 6.07) is 10.1. The molecular weight excluding hydrogens is 176 g/mol. The molecule has 0 amide bonds. The van der Waals surface area contributed by atoms with E-state index in [2.05, 4.69) is 12.1 Å². The molecule has 0 bridgehead atoms. The predicted molar refractivity (Wildman–Crippen MR) is 54.1 cm³/mol. The van der Waals surface area contributed by atoms with Crippen LogP contribution in [-0.4, -0.2) is 11.7 Å². The molecule has 2 nitrogen and oxygen atoms in total. The molecule has 1 N–H and O–H groups in total. The van der Waals surface area contributed by atoms with Gasteiger partial charge in [-0.1, -0.05) is 18.2 Å². The first kappa shape index (κ1) is 8.06. The zero-order valence-corrected chi connectivity index (χ0v) is 7.81. The minimum Gasteiger partial charge on any atom is -0.461 e. The highest BCUT2D eigenvalue weighted by atomic mass is 16.3. The molecule has 1 saturated carbocycles. The number of benzene rings is 1. The second-order valence-electron chi connectivity index (χ2n) is 3.97. The summed E-state index contributed by atoms with van der Waals surface area (Å²) < 4.78 is 5.71. The number of furan rings is 1. The molecule has 0 saturated heterocycles. The molecule has 2 heteroatoms. The summed E-state index contributed by atoms with van der Waals surface area (Å²) in [5.74, 6) is 1.91. The Morgan fingerprint density at radius 3 is 2.93 bits per heavy atom. The Hall–Kier alpha value is -1.28. The summed E-state index contributed by atoms with van der Waals surface area (Å²) in [6.07, 6.45) is 1.07. The zero-order valence-electron chi connectivity index (χ0n) is 7.81. The number of fused-ring (bicyclic) bond motifs is 1. The van der Waals surface area contributed by atoms with E-state index in [1.165, 1.54) is 0 Å². The van der Waals surface area contributed by atoms with E-state index in [4.69, 9.17) is 9.52 Å². The largest absolute Gasteiger partial charge is 0.461 e. The molecule has 1 aromatic carbocycles. The molecule has 2 atom stereocenters. The van der Waals surface area contributed by atoms with Gasteiger partial charge < -0.3 is 9.52 Å². The fourth-order valence-electron chi connectivity index (χ4n) is 1.98. The first-order valence-electron chi connectivity index (χ1n) is 4.98. The van der Waals surface area contributed by atoms with Gasteiger partial charge in [-0.25, -0.2) is 0 Å².